The van der Waals surface area contributed by atoms with Gasteiger partial charge in [-0.05, 0) is 55.0 Å². The summed E-state index contributed by atoms with van der Waals surface area (Å²) in [5, 5.41) is 0. The lowest BCUT2D eigenvalue weighted by Gasteiger charge is -2.09. The fourth-order valence-electron chi connectivity index (χ4n) is 2.97. The van der Waals surface area contributed by atoms with Gasteiger partial charge in [-0.15, -0.1) is 0 Å². The monoisotopic (exact) mass is 263 g/mol. The molecule has 1 heterocycles. The van der Waals surface area contributed by atoms with Crippen LogP contribution >= 0.6 is 0 Å². The molecule has 0 radical (unpaired) electrons. The van der Waals surface area contributed by atoms with Crippen molar-refractivity contribution < 1.29 is 0 Å². The maximum atomic E-state index is 4.51. The standard InChI is InChI=1S/C19H21N/c1-3-4-7-15-12-17-14(2)9-10-16(18(17)13-15)19-8-5-6-11-20-19/h5-6,8-11,13H,3-4,7,12H2,1-2H3. The van der Waals surface area contributed by atoms with Crippen molar-refractivity contribution in [3.8, 4) is 11.3 Å². The van der Waals surface area contributed by atoms with Crippen LogP contribution in [0.5, 0.6) is 0 Å². The molecule has 0 aliphatic heterocycles. The smallest absolute Gasteiger partial charge is 0.0708 e. The van der Waals surface area contributed by atoms with Crippen molar-refractivity contribution in [2.24, 2.45) is 0 Å². The van der Waals surface area contributed by atoms with E-state index in [-0.39, 0.29) is 0 Å². The van der Waals surface area contributed by atoms with Crippen LogP contribution in [0.15, 0.2) is 42.1 Å². The van der Waals surface area contributed by atoms with Crippen LogP contribution in [0.4, 0.5) is 0 Å². The Morgan fingerprint density at radius 2 is 2.05 bits per heavy atom. The fraction of sp³-hybridized carbons (Fsp3) is 0.316. The summed E-state index contributed by atoms with van der Waals surface area (Å²) in [7, 11) is 0. The van der Waals surface area contributed by atoms with Gasteiger partial charge in [0.2, 0.25) is 0 Å². The highest BCUT2D eigenvalue weighted by molar-refractivity contribution is 5.80. The average Bonchev–Trinajstić information content (AvgIpc) is 2.91. The van der Waals surface area contributed by atoms with Gasteiger partial charge in [0.1, 0.15) is 0 Å². The number of benzene rings is 1. The van der Waals surface area contributed by atoms with Crippen LogP contribution in [0.2, 0.25) is 0 Å². The maximum Gasteiger partial charge on any atom is 0.0708 e. The average molecular weight is 263 g/mol. The molecule has 0 amide bonds. The molecule has 0 spiro atoms. The van der Waals surface area contributed by atoms with E-state index in [0.717, 1.165) is 12.1 Å². The number of nitrogens with zero attached hydrogens (tertiary/aromatic N) is 1. The number of unbranched alkanes of at least 4 members (excludes halogenated alkanes) is 1. The lowest BCUT2D eigenvalue weighted by molar-refractivity contribution is 0.779. The summed E-state index contributed by atoms with van der Waals surface area (Å²) in [5.74, 6) is 0. The van der Waals surface area contributed by atoms with Crippen molar-refractivity contribution in [2.45, 2.75) is 39.5 Å². The topological polar surface area (TPSA) is 12.9 Å². The fourth-order valence-corrected chi connectivity index (χ4v) is 2.97. The molecule has 0 saturated carbocycles. The zero-order valence-corrected chi connectivity index (χ0v) is 12.3. The number of hydrogen-bond donors (Lipinski definition) is 0. The zero-order chi connectivity index (χ0) is 13.9. The summed E-state index contributed by atoms with van der Waals surface area (Å²) in [6.07, 6.45) is 9.19. The van der Waals surface area contributed by atoms with Crippen LogP contribution < -0.4 is 0 Å². The number of aromatic nitrogens is 1. The Balaban J connectivity index is 2.03. The van der Waals surface area contributed by atoms with Crippen LogP contribution in [0, 0.1) is 6.92 Å². The molecule has 2 aromatic rings. The molecular weight excluding hydrogens is 242 g/mol. The van der Waals surface area contributed by atoms with E-state index < -0.39 is 0 Å². The molecule has 0 N–H and O–H groups in total. The number of rotatable bonds is 4. The molecular formula is C19H21N. The van der Waals surface area contributed by atoms with E-state index >= 15 is 0 Å². The Morgan fingerprint density at radius 3 is 2.80 bits per heavy atom. The molecule has 0 saturated heterocycles. The summed E-state index contributed by atoms with van der Waals surface area (Å²) < 4.78 is 0. The first-order valence-electron chi connectivity index (χ1n) is 7.53. The van der Waals surface area contributed by atoms with Crippen molar-refractivity contribution in [3.05, 3.63) is 58.8 Å². The Bertz CT molecular complexity index is 638. The van der Waals surface area contributed by atoms with Gasteiger partial charge in [-0.3, -0.25) is 4.98 Å². The summed E-state index contributed by atoms with van der Waals surface area (Å²) in [6.45, 7) is 4.48. The minimum absolute atomic E-state index is 1.08. The third-order valence-corrected chi connectivity index (χ3v) is 4.14. The number of aryl methyl sites for hydroxylation is 1. The summed E-state index contributed by atoms with van der Waals surface area (Å²) in [4.78, 5) is 4.51. The first kappa shape index (κ1) is 13.1. The van der Waals surface area contributed by atoms with E-state index in [9.17, 15) is 0 Å². The van der Waals surface area contributed by atoms with Crippen molar-refractivity contribution in [2.75, 3.05) is 0 Å². The van der Waals surface area contributed by atoms with E-state index in [0.29, 0.717) is 0 Å². The second-order valence-electron chi connectivity index (χ2n) is 5.62. The maximum absolute atomic E-state index is 4.51. The molecule has 0 atom stereocenters. The van der Waals surface area contributed by atoms with Gasteiger partial charge in [-0.25, -0.2) is 0 Å². The largest absolute Gasteiger partial charge is 0.256 e. The summed E-state index contributed by atoms with van der Waals surface area (Å²) in [6, 6.07) is 10.6. The van der Waals surface area contributed by atoms with E-state index in [4.69, 9.17) is 0 Å². The third kappa shape index (κ3) is 2.40. The first-order valence-corrected chi connectivity index (χ1v) is 7.53. The van der Waals surface area contributed by atoms with Crippen molar-refractivity contribution in [1.82, 2.24) is 4.98 Å². The Kier molecular flexibility index (Phi) is 3.68. The van der Waals surface area contributed by atoms with Crippen LogP contribution in [-0.4, -0.2) is 4.98 Å². The summed E-state index contributed by atoms with van der Waals surface area (Å²) >= 11 is 0. The molecule has 0 fully saturated rings. The highest BCUT2D eigenvalue weighted by Crippen LogP contribution is 2.36. The minimum atomic E-state index is 1.08. The third-order valence-electron chi connectivity index (χ3n) is 4.14. The number of fused-ring (bicyclic) bond motifs is 1. The van der Waals surface area contributed by atoms with Crippen molar-refractivity contribution in [3.63, 3.8) is 0 Å². The SMILES string of the molecule is CCCCC1=Cc2c(-c3ccccn3)ccc(C)c2C1. The molecule has 1 aliphatic rings. The van der Waals surface area contributed by atoms with Gasteiger partial charge in [0.15, 0.2) is 0 Å². The predicted octanol–water partition coefficient (Wildman–Crippen LogP) is 5.19. The molecule has 0 unspecified atom stereocenters. The van der Waals surface area contributed by atoms with E-state index in [2.05, 4.69) is 49.2 Å². The molecule has 1 aliphatic carbocycles. The van der Waals surface area contributed by atoms with Gasteiger partial charge < -0.3 is 0 Å². The van der Waals surface area contributed by atoms with Crippen LogP contribution in [0.3, 0.4) is 0 Å². The van der Waals surface area contributed by atoms with Gasteiger partial charge in [0.25, 0.3) is 0 Å². The molecule has 1 aromatic carbocycles. The molecule has 102 valence electrons. The molecule has 1 heteroatoms. The summed E-state index contributed by atoms with van der Waals surface area (Å²) in [5.41, 5.74) is 8.24. The lowest BCUT2D eigenvalue weighted by Crippen LogP contribution is -1.93. The Labute approximate surface area is 121 Å². The predicted molar refractivity (Wildman–Crippen MR) is 85.6 cm³/mol. The van der Waals surface area contributed by atoms with Gasteiger partial charge in [0.05, 0.1) is 5.69 Å². The van der Waals surface area contributed by atoms with Crippen LogP contribution in [0.25, 0.3) is 17.3 Å². The first-order chi connectivity index (χ1) is 9.79. The van der Waals surface area contributed by atoms with E-state index in [1.165, 1.54) is 41.5 Å². The molecule has 0 bridgehead atoms. The second kappa shape index (κ2) is 5.62. The van der Waals surface area contributed by atoms with E-state index in [1.807, 2.05) is 12.3 Å². The lowest BCUT2D eigenvalue weighted by atomic mass is 9.96. The van der Waals surface area contributed by atoms with E-state index in [1.54, 1.807) is 5.57 Å². The van der Waals surface area contributed by atoms with Crippen LogP contribution in [-0.2, 0) is 6.42 Å². The number of allylic oxidation sites excluding steroid dienone is 1. The quantitative estimate of drug-likeness (QED) is 0.740. The molecule has 20 heavy (non-hydrogen) atoms. The number of hydrogen-bond acceptors (Lipinski definition) is 1. The van der Waals surface area contributed by atoms with Gasteiger partial charge in [-0.1, -0.05) is 43.2 Å². The zero-order valence-electron chi connectivity index (χ0n) is 12.3. The van der Waals surface area contributed by atoms with Gasteiger partial charge >= 0.3 is 0 Å². The minimum Gasteiger partial charge on any atom is -0.256 e. The molecule has 1 aromatic heterocycles. The number of pyridine rings is 1. The molecule has 3 rings (SSSR count). The van der Waals surface area contributed by atoms with Crippen molar-refractivity contribution >= 4 is 6.08 Å². The van der Waals surface area contributed by atoms with Crippen LogP contribution in [0.1, 0.15) is 42.9 Å². The second-order valence-corrected chi connectivity index (χ2v) is 5.62. The highest BCUT2D eigenvalue weighted by Gasteiger charge is 2.18. The van der Waals surface area contributed by atoms with Gasteiger partial charge in [0, 0.05) is 11.8 Å². The highest BCUT2D eigenvalue weighted by atomic mass is 14.7. The normalized spacial score (nSPS) is 13.2. The van der Waals surface area contributed by atoms with Gasteiger partial charge in [-0.2, -0.15) is 0 Å². The Hall–Kier alpha value is -1.89. The Morgan fingerprint density at radius 1 is 1.15 bits per heavy atom. The van der Waals surface area contributed by atoms with Crippen molar-refractivity contribution in [1.29, 1.82) is 0 Å². The molecule has 1 nitrogen and oxygen atoms in total.